The Morgan fingerprint density at radius 2 is 2.18 bits per heavy atom. The van der Waals surface area contributed by atoms with Gasteiger partial charge in [0.05, 0.1) is 17.5 Å². The molecule has 0 bridgehead atoms. The number of amides is 2. The second-order valence-electron chi connectivity index (χ2n) is 5.28. The SMILES string of the molecule is CNC(=O)[C@@H]1CN(C(=O)c2ccc(F)c(Cl)c2)C[C@H]1COC. The van der Waals surface area contributed by atoms with Crippen LogP contribution in [0.3, 0.4) is 0 Å². The summed E-state index contributed by atoms with van der Waals surface area (Å²) in [4.78, 5) is 26.0. The van der Waals surface area contributed by atoms with Crippen molar-refractivity contribution < 1.29 is 18.7 Å². The van der Waals surface area contributed by atoms with E-state index in [9.17, 15) is 14.0 Å². The number of ether oxygens (including phenoxy) is 1. The molecular weight excluding hydrogens is 311 g/mol. The number of carbonyl (C=O) groups is 2. The summed E-state index contributed by atoms with van der Waals surface area (Å²) in [5.41, 5.74) is 0.306. The van der Waals surface area contributed by atoms with Crippen LogP contribution in [-0.4, -0.2) is 50.6 Å². The number of likely N-dealkylation sites (tertiary alicyclic amines) is 1. The lowest BCUT2D eigenvalue weighted by Crippen LogP contribution is -2.34. The van der Waals surface area contributed by atoms with E-state index >= 15 is 0 Å². The molecule has 0 spiro atoms. The Labute approximate surface area is 133 Å². The Hall–Kier alpha value is -1.66. The smallest absolute Gasteiger partial charge is 0.253 e. The Morgan fingerprint density at radius 1 is 1.45 bits per heavy atom. The monoisotopic (exact) mass is 328 g/mol. The fraction of sp³-hybridized carbons (Fsp3) is 0.467. The zero-order valence-electron chi connectivity index (χ0n) is 12.4. The van der Waals surface area contributed by atoms with E-state index in [2.05, 4.69) is 5.32 Å². The molecule has 0 aliphatic carbocycles. The molecule has 0 unspecified atom stereocenters. The molecule has 1 aliphatic heterocycles. The summed E-state index contributed by atoms with van der Waals surface area (Å²) in [5, 5.41) is 2.51. The minimum atomic E-state index is -0.569. The lowest BCUT2D eigenvalue weighted by molar-refractivity contribution is -0.125. The largest absolute Gasteiger partial charge is 0.384 e. The van der Waals surface area contributed by atoms with Gasteiger partial charge in [0.25, 0.3) is 5.91 Å². The van der Waals surface area contributed by atoms with Gasteiger partial charge in [0.2, 0.25) is 5.91 Å². The molecule has 120 valence electrons. The predicted octanol–water partition coefficient (Wildman–Crippen LogP) is 1.56. The molecule has 22 heavy (non-hydrogen) atoms. The van der Waals surface area contributed by atoms with Crippen molar-refractivity contribution >= 4 is 23.4 Å². The van der Waals surface area contributed by atoms with E-state index in [1.54, 1.807) is 19.1 Å². The van der Waals surface area contributed by atoms with Crippen molar-refractivity contribution in [3.05, 3.63) is 34.6 Å². The lowest BCUT2D eigenvalue weighted by atomic mass is 9.96. The second-order valence-corrected chi connectivity index (χ2v) is 5.68. The van der Waals surface area contributed by atoms with Gasteiger partial charge in [-0.15, -0.1) is 0 Å². The molecule has 2 amide bonds. The summed E-state index contributed by atoms with van der Waals surface area (Å²) in [6, 6.07) is 3.86. The zero-order valence-corrected chi connectivity index (χ0v) is 13.2. The molecule has 1 aliphatic rings. The van der Waals surface area contributed by atoms with Gasteiger partial charge in [0, 0.05) is 38.7 Å². The number of hydrogen-bond donors (Lipinski definition) is 1. The van der Waals surface area contributed by atoms with Crippen LogP contribution in [0.5, 0.6) is 0 Å². The first-order valence-corrected chi connectivity index (χ1v) is 7.30. The van der Waals surface area contributed by atoms with Gasteiger partial charge in [-0.2, -0.15) is 0 Å². The molecule has 0 radical (unpaired) electrons. The molecule has 5 nitrogen and oxygen atoms in total. The molecule has 0 saturated carbocycles. The predicted molar refractivity (Wildman–Crippen MR) is 80.2 cm³/mol. The third-order valence-electron chi connectivity index (χ3n) is 3.86. The van der Waals surface area contributed by atoms with Crippen LogP contribution in [0.15, 0.2) is 18.2 Å². The van der Waals surface area contributed by atoms with Crippen LogP contribution >= 0.6 is 11.6 Å². The van der Waals surface area contributed by atoms with E-state index in [1.807, 2.05) is 0 Å². The van der Waals surface area contributed by atoms with E-state index < -0.39 is 5.82 Å². The van der Waals surface area contributed by atoms with E-state index in [1.165, 1.54) is 12.1 Å². The van der Waals surface area contributed by atoms with Crippen molar-refractivity contribution in [3.8, 4) is 0 Å². The molecule has 1 heterocycles. The summed E-state index contributed by atoms with van der Waals surface area (Å²) < 4.78 is 18.3. The van der Waals surface area contributed by atoms with Gasteiger partial charge in [-0.25, -0.2) is 4.39 Å². The Kier molecular flexibility index (Phi) is 5.37. The van der Waals surface area contributed by atoms with Crippen LogP contribution in [0.2, 0.25) is 5.02 Å². The number of hydrogen-bond acceptors (Lipinski definition) is 3. The second kappa shape index (κ2) is 7.07. The average Bonchev–Trinajstić information content (AvgIpc) is 2.93. The quantitative estimate of drug-likeness (QED) is 0.912. The highest BCUT2D eigenvalue weighted by Gasteiger charge is 2.39. The van der Waals surface area contributed by atoms with Gasteiger partial charge in [-0.3, -0.25) is 9.59 Å². The summed E-state index contributed by atoms with van der Waals surface area (Å²) in [6.45, 7) is 1.12. The molecule has 1 aromatic rings. The lowest BCUT2D eigenvalue weighted by Gasteiger charge is -2.16. The fourth-order valence-electron chi connectivity index (χ4n) is 2.71. The third kappa shape index (κ3) is 3.39. The molecule has 1 fully saturated rings. The van der Waals surface area contributed by atoms with E-state index in [4.69, 9.17) is 16.3 Å². The van der Waals surface area contributed by atoms with Crippen LogP contribution in [0.25, 0.3) is 0 Å². The highest BCUT2D eigenvalue weighted by Crippen LogP contribution is 2.26. The van der Waals surface area contributed by atoms with Crippen molar-refractivity contribution in [1.29, 1.82) is 0 Å². The van der Waals surface area contributed by atoms with Crippen LogP contribution in [0, 0.1) is 17.7 Å². The molecule has 1 aromatic carbocycles. The third-order valence-corrected chi connectivity index (χ3v) is 4.15. The van der Waals surface area contributed by atoms with Crippen molar-refractivity contribution in [1.82, 2.24) is 10.2 Å². The van der Waals surface area contributed by atoms with E-state index in [-0.39, 0.29) is 28.7 Å². The first-order chi connectivity index (χ1) is 10.5. The zero-order chi connectivity index (χ0) is 16.3. The number of halogens is 2. The highest BCUT2D eigenvalue weighted by molar-refractivity contribution is 6.31. The minimum absolute atomic E-state index is 0.0650. The summed E-state index contributed by atoms with van der Waals surface area (Å²) in [7, 11) is 3.13. The van der Waals surface area contributed by atoms with E-state index in [0.29, 0.717) is 25.3 Å². The topological polar surface area (TPSA) is 58.6 Å². The molecule has 2 atom stereocenters. The number of carbonyl (C=O) groups excluding carboxylic acids is 2. The number of rotatable bonds is 4. The maximum absolute atomic E-state index is 13.2. The van der Waals surface area contributed by atoms with Crippen molar-refractivity contribution in [2.24, 2.45) is 11.8 Å². The average molecular weight is 329 g/mol. The van der Waals surface area contributed by atoms with Gasteiger partial charge < -0.3 is 15.0 Å². The molecule has 0 aromatic heterocycles. The van der Waals surface area contributed by atoms with E-state index in [0.717, 1.165) is 6.07 Å². The van der Waals surface area contributed by atoms with Crippen molar-refractivity contribution in [2.75, 3.05) is 33.9 Å². The van der Waals surface area contributed by atoms with Crippen LogP contribution in [0.4, 0.5) is 4.39 Å². The van der Waals surface area contributed by atoms with Crippen molar-refractivity contribution in [2.45, 2.75) is 0 Å². The first-order valence-electron chi connectivity index (χ1n) is 6.92. The maximum Gasteiger partial charge on any atom is 0.253 e. The standard InChI is InChI=1S/C15H18ClFN2O3/c1-18-14(20)11-7-19(6-10(11)8-22-2)15(21)9-3-4-13(17)12(16)5-9/h3-5,10-11H,6-8H2,1-2H3,(H,18,20)/t10-,11+/m0/s1. The number of benzene rings is 1. The van der Waals surface area contributed by atoms with Gasteiger partial charge in [0.1, 0.15) is 5.82 Å². The first kappa shape index (κ1) is 16.7. The Balaban J connectivity index is 2.16. The Morgan fingerprint density at radius 3 is 2.77 bits per heavy atom. The number of nitrogens with one attached hydrogen (secondary N) is 1. The van der Waals surface area contributed by atoms with Gasteiger partial charge in [-0.05, 0) is 18.2 Å². The van der Waals surface area contributed by atoms with Crippen molar-refractivity contribution in [3.63, 3.8) is 0 Å². The minimum Gasteiger partial charge on any atom is -0.384 e. The number of methoxy groups -OCH3 is 1. The Bertz CT molecular complexity index is 582. The molecule has 2 rings (SSSR count). The summed E-state index contributed by atoms with van der Waals surface area (Å²) in [5.74, 6) is -1.33. The summed E-state index contributed by atoms with van der Waals surface area (Å²) >= 11 is 5.71. The normalized spacial score (nSPS) is 21.0. The fourth-order valence-corrected chi connectivity index (χ4v) is 2.89. The highest BCUT2D eigenvalue weighted by atomic mass is 35.5. The number of nitrogens with zero attached hydrogens (tertiary/aromatic N) is 1. The van der Waals surface area contributed by atoms with Gasteiger partial charge in [-0.1, -0.05) is 11.6 Å². The molecular formula is C15H18ClFN2O3. The molecule has 1 saturated heterocycles. The van der Waals surface area contributed by atoms with Crippen LogP contribution in [0.1, 0.15) is 10.4 Å². The van der Waals surface area contributed by atoms with Crippen LogP contribution in [-0.2, 0) is 9.53 Å². The van der Waals surface area contributed by atoms with Gasteiger partial charge in [0.15, 0.2) is 0 Å². The molecule has 1 N–H and O–H groups in total. The maximum atomic E-state index is 13.2. The van der Waals surface area contributed by atoms with Crippen LogP contribution < -0.4 is 5.32 Å². The summed E-state index contributed by atoms with van der Waals surface area (Å²) in [6.07, 6.45) is 0. The van der Waals surface area contributed by atoms with Gasteiger partial charge >= 0.3 is 0 Å². The molecule has 7 heteroatoms.